The maximum Gasteiger partial charge on any atom is 0.213 e. The van der Waals surface area contributed by atoms with E-state index in [1.54, 1.807) is 20.1 Å². The van der Waals surface area contributed by atoms with Crippen LogP contribution in [0.1, 0.15) is 92.6 Å². The molecule has 2 saturated heterocycles. The number of ether oxygens (including phenoxy) is 2. The molecule has 1 aromatic heterocycles. The molecule has 3 aliphatic heterocycles. The maximum absolute atomic E-state index is 15.2. The predicted molar refractivity (Wildman–Crippen MR) is 160 cm³/mol. The molecule has 0 N–H and O–H groups in total. The molecule has 2 bridgehead atoms. The van der Waals surface area contributed by atoms with Gasteiger partial charge >= 0.3 is 0 Å². The zero-order valence-electron chi connectivity index (χ0n) is 25.1. The van der Waals surface area contributed by atoms with Crippen LogP contribution in [0.5, 0.6) is 11.6 Å². The normalized spacial score (nSPS) is 24.6. The fraction of sp³-hybridized carbons (Fsp3) is 0.500. The number of carbonyl (C=O) groups is 1. The van der Waals surface area contributed by atoms with Gasteiger partial charge in [0.15, 0.2) is 0 Å². The topological polar surface area (TPSA) is 74.7 Å². The molecule has 3 aromatic rings. The van der Waals surface area contributed by atoms with Crippen molar-refractivity contribution in [1.29, 1.82) is 0 Å². The van der Waals surface area contributed by atoms with Crippen molar-refractivity contribution in [2.75, 3.05) is 7.11 Å². The van der Waals surface area contributed by atoms with Crippen LogP contribution in [0, 0.1) is 17.7 Å². The van der Waals surface area contributed by atoms with Crippen LogP contribution in [0.3, 0.4) is 0 Å². The van der Waals surface area contributed by atoms with Crippen molar-refractivity contribution < 1.29 is 23.8 Å². The highest BCUT2D eigenvalue weighted by molar-refractivity contribution is 5.70. The summed E-state index contributed by atoms with van der Waals surface area (Å²) in [4.78, 5) is 18.5. The van der Waals surface area contributed by atoms with Gasteiger partial charge in [-0.3, -0.25) is 4.90 Å². The number of carboxylic acids is 1. The lowest BCUT2D eigenvalue weighted by molar-refractivity contribution is -0.311. The van der Waals surface area contributed by atoms with Crippen LogP contribution in [0.25, 0.3) is 11.1 Å². The molecule has 3 unspecified atom stereocenters. The number of pyridine rings is 1. The van der Waals surface area contributed by atoms with Crippen molar-refractivity contribution in [2.45, 2.75) is 95.4 Å². The minimum absolute atomic E-state index is 0.0580. The van der Waals surface area contributed by atoms with E-state index in [0.717, 1.165) is 65.8 Å². The van der Waals surface area contributed by atoms with Crippen LogP contribution in [0.15, 0.2) is 48.7 Å². The summed E-state index contributed by atoms with van der Waals surface area (Å²) in [7, 11) is 1.55. The third kappa shape index (κ3) is 5.52. The van der Waals surface area contributed by atoms with E-state index in [2.05, 4.69) is 40.2 Å². The Bertz CT molecular complexity index is 1510. The van der Waals surface area contributed by atoms with Crippen LogP contribution < -0.4 is 14.6 Å². The lowest BCUT2D eigenvalue weighted by Gasteiger charge is -2.35. The molecule has 7 rings (SSSR count). The molecular formula is C36H40FN2O4-. The lowest BCUT2D eigenvalue weighted by atomic mass is 9.82. The Morgan fingerprint density at radius 3 is 2.56 bits per heavy atom. The summed E-state index contributed by atoms with van der Waals surface area (Å²) in [5, 5.41) is 11.8. The first-order valence-electron chi connectivity index (χ1n) is 16.0. The van der Waals surface area contributed by atoms with Gasteiger partial charge < -0.3 is 19.4 Å². The Kier molecular flexibility index (Phi) is 7.62. The second-order valence-electron chi connectivity index (χ2n) is 13.1. The van der Waals surface area contributed by atoms with Gasteiger partial charge in [0.05, 0.1) is 13.3 Å². The number of hydrogen-bond donors (Lipinski definition) is 0. The van der Waals surface area contributed by atoms with E-state index in [1.807, 2.05) is 6.07 Å². The highest BCUT2D eigenvalue weighted by atomic mass is 19.1. The largest absolute Gasteiger partial charge is 0.550 e. The molecule has 0 amide bonds. The number of methoxy groups -OCH3 is 1. The standard InChI is InChI=1S/C36H41FN2O4/c1-21(36(40)41)35(23-7-8-23)25-9-6-22-11-15-32(43-33(22)17-25)24-10-14-29(30-18-34(42-2)38-19-31(30)37)26(16-24)20-39-27-4-3-5-28(39)13-12-27/h6,9-10,14,16-19,21,23,27-28,32,35H,3-5,7-8,11-13,15,20H2,1-2H3,(H,40,41)/p-1/t21-,27?,28?,32?,35-/m0/s1. The van der Waals surface area contributed by atoms with Crippen molar-refractivity contribution in [3.63, 3.8) is 0 Å². The molecule has 0 radical (unpaired) electrons. The molecule has 3 fully saturated rings. The number of hydrogen-bond acceptors (Lipinski definition) is 6. The Labute approximate surface area is 253 Å². The highest BCUT2D eigenvalue weighted by Crippen LogP contribution is 2.48. The molecule has 4 heterocycles. The Hall–Kier alpha value is -3.45. The van der Waals surface area contributed by atoms with Crippen molar-refractivity contribution in [3.8, 4) is 22.8 Å². The van der Waals surface area contributed by atoms with E-state index in [4.69, 9.17) is 9.47 Å². The number of aromatic nitrogens is 1. The summed E-state index contributed by atoms with van der Waals surface area (Å²) >= 11 is 0. The average Bonchev–Trinajstić information content (AvgIpc) is 3.83. The van der Waals surface area contributed by atoms with Crippen LogP contribution in [0.2, 0.25) is 0 Å². The van der Waals surface area contributed by atoms with Crippen molar-refractivity contribution in [1.82, 2.24) is 9.88 Å². The summed E-state index contributed by atoms with van der Waals surface area (Å²) in [5.74, 6) is -0.332. The second-order valence-corrected chi connectivity index (χ2v) is 13.1. The number of benzene rings is 2. The first kappa shape index (κ1) is 28.3. The van der Waals surface area contributed by atoms with E-state index >= 15 is 4.39 Å². The SMILES string of the molecule is COc1cc(-c2ccc(C3CCc4ccc([C@H](C5CC5)[C@H](C)C(=O)[O-])cc4O3)cc2CN2C3CCCC2CC3)c(F)cn1. The molecule has 1 aliphatic carbocycles. The molecule has 0 spiro atoms. The summed E-state index contributed by atoms with van der Waals surface area (Å²) < 4.78 is 27.2. The Morgan fingerprint density at radius 1 is 1.05 bits per heavy atom. The molecule has 43 heavy (non-hydrogen) atoms. The van der Waals surface area contributed by atoms with E-state index in [0.29, 0.717) is 29.4 Å². The summed E-state index contributed by atoms with van der Waals surface area (Å²) in [6.45, 7) is 2.54. The van der Waals surface area contributed by atoms with Crippen LogP contribution in [-0.2, 0) is 17.8 Å². The Balaban J connectivity index is 1.21. The summed E-state index contributed by atoms with van der Waals surface area (Å²) in [6, 6.07) is 15.5. The van der Waals surface area contributed by atoms with E-state index in [1.165, 1.54) is 38.3 Å². The van der Waals surface area contributed by atoms with Crippen molar-refractivity contribution >= 4 is 5.97 Å². The average molecular weight is 584 g/mol. The molecular weight excluding hydrogens is 543 g/mol. The van der Waals surface area contributed by atoms with Gasteiger partial charge in [0.25, 0.3) is 0 Å². The van der Waals surface area contributed by atoms with Gasteiger partial charge in [-0.15, -0.1) is 0 Å². The minimum atomic E-state index is -0.994. The van der Waals surface area contributed by atoms with E-state index in [9.17, 15) is 9.90 Å². The lowest BCUT2D eigenvalue weighted by Crippen LogP contribution is -2.39. The minimum Gasteiger partial charge on any atom is -0.550 e. The molecule has 226 valence electrons. The van der Waals surface area contributed by atoms with Crippen LogP contribution >= 0.6 is 0 Å². The zero-order valence-corrected chi connectivity index (χ0v) is 25.1. The summed E-state index contributed by atoms with van der Waals surface area (Å²) in [5.41, 5.74) is 5.74. The second kappa shape index (κ2) is 11.6. The smallest absolute Gasteiger partial charge is 0.213 e. The van der Waals surface area contributed by atoms with Crippen molar-refractivity contribution in [2.24, 2.45) is 11.8 Å². The molecule has 4 aliphatic rings. The molecule has 7 heteroatoms. The van der Waals surface area contributed by atoms with Gasteiger partial charge in [0.2, 0.25) is 5.88 Å². The molecule has 2 aromatic carbocycles. The third-order valence-electron chi connectivity index (χ3n) is 10.5. The fourth-order valence-corrected chi connectivity index (χ4v) is 8.02. The van der Waals surface area contributed by atoms with E-state index < -0.39 is 11.9 Å². The van der Waals surface area contributed by atoms with Gasteiger partial charge in [-0.2, -0.15) is 0 Å². The predicted octanol–water partition coefficient (Wildman–Crippen LogP) is 6.36. The van der Waals surface area contributed by atoms with Crippen LogP contribution in [-0.4, -0.2) is 35.0 Å². The molecule has 5 atom stereocenters. The molecule has 1 saturated carbocycles. The zero-order chi connectivity index (χ0) is 29.7. The van der Waals surface area contributed by atoms with Crippen molar-refractivity contribution in [3.05, 3.63) is 76.7 Å². The number of halogens is 1. The van der Waals surface area contributed by atoms with Gasteiger partial charge in [-0.1, -0.05) is 43.7 Å². The van der Waals surface area contributed by atoms with Gasteiger partial charge in [-0.25, -0.2) is 9.37 Å². The quantitative estimate of drug-likeness (QED) is 0.292. The molecule has 6 nitrogen and oxygen atoms in total. The van der Waals surface area contributed by atoms with Gasteiger partial charge in [-0.05, 0) is 97.1 Å². The van der Waals surface area contributed by atoms with Gasteiger partial charge in [0.1, 0.15) is 17.7 Å². The third-order valence-corrected chi connectivity index (χ3v) is 10.5. The number of aryl methyl sites for hydroxylation is 1. The highest BCUT2D eigenvalue weighted by Gasteiger charge is 2.38. The number of carbonyl (C=O) groups excluding carboxylic acids is 1. The van der Waals surface area contributed by atoms with Gasteiger partial charge in [0, 0.05) is 42.1 Å². The number of rotatable bonds is 9. The first-order valence-corrected chi connectivity index (χ1v) is 16.0. The summed E-state index contributed by atoms with van der Waals surface area (Å²) in [6.07, 6.45) is 11.2. The van der Waals surface area contributed by atoms with Crippen LogP contribution in [0.4, 0.5) is 4.39 Å². The number of piperidine rings is 1. The number of aliphatic carboxylic acids is 1. The fourth-order valence-electron chi connectivity index (χ4n) is 8.02. The number of carboxylic acid groups (broad SMARTS) is 1. The van der Waals surface area contributed by atoms with E-state index in [-0.39, 0.29) is 17.8 Å². The maximum atomic E-state index is 15.2. The first-order chi connectivity index (χ1) is 20.9. The number of nitrogens with zero attached hydrogens (tertiary/aromatic N) is 2. The Morgan fingerprint density at radius 2 is 1.84 bits per heavy atom. The number of fused-ring (bicyclic) bond motifs is 3. The monoisotopic (exact) mass is 583 g/mol.